The molecule has 0 aromatic carbocycles. The fraction of sp³-hybridized carbons (Fsp3) is 0.588. The van der Waals surface area contributed by atoms with E-state index in [4.69, 9.17) is 0 Å². The minimum Gasteiger partial charge on any atom is -0.353 e. The lowest BCUT2D eigenvalue weighted by atomic mass is 9.95. The molecule has 1 atom stereocenters. The zero-order valence-corrected chi connectivity index (χ0v) is 13.0. The molecule has 5 heteroatoms. The second-order valence-corrected chi connectivity index (χ2v) is 6.44. The molecule has 1 saturated carbocycles. The molecular formula is C17H23N3O2. The highest BCUT2D eigenvalue weighted by molar-refractivity contribution is 5.94. The molecule has 0 bridgehead atoms. The van der Waals surface area contributed by atoms with Gasteiger partial charge in [0.1, 0.15) is 0 Å². The number of piperidine rings is 1. The maximum Gasteiger partial charge on any atom is 0.255 e. The van der Waals surface area contributed by atoms with E-state index in [0.717, 1.165) is 12.8 Å². The van der Waals surface area contributed by atoms with Crippen LogP contribution in [0.4, 0.5) is 0 Å². The van der Waals surface area contributed by atoms with Crippen molar-refractivity contribution in [3.05, 3.63) is 30.1 Å². The third kappa shape index (κ3) is 3.46. The van der Waals surface area contributed by atoms with Gasteiger partial charge >= 0.3 is 0 Å². The van der Waals surface area contributed by atoms with Crippen molar-refractivity contribution in [2.45, 2.75) is 38.6 Å². The summed E-state index contributed by atoms with van der Waals surface area (Å²) in [5.74, 6) is 0.890. The number of pyridine rings is 1. The van der Waals surface area contributed by atoms with E-state index < -0.39 is 0 Å². The lowest BCUT2D eigenvalue weighted by Crippen LogP contribution is -2.45. The molecule has 0 spiro atoms. The molecule has 1 N–H and O–H groups in total. The van der Waals surface area contributed by atoms with Crippen molar-refractivity contribution in [3.63, 3.8) is 0 Å². The molecule has 2 aliphatic rings. The van der Waals surface area contributed by atoms with Crippen LogP contribution in [0.25, 0.3) is 0 Å². The molecule has 1 aromatic heterocycles. The van der Waals surface area contributed by atoms with E-state index in [1.807, 2.05) is 4.90 Å². The van der Waals surface area contributed by atoms with Gasteiger partial charge < -0.3 is 10.2 Å². The summed E-state index contributed by atoms with van der Waals surface area (Å²) in [4.78, 5) is 30.4. The number of nitrogens with zero attached hydrogens (tertiary/aromatic N) is 2. The Kier molecular flexibility index (Phi) is 4.41. The van der Waals surface area contributed by atoms with Crippen LogP contribution in [-0.2, 0) is 4.79 Å². The van der Waals surface area contributed by atoms with Crippen LogP contribution in [0.2, 0.25) is 0 Å². The summed E-state index contributed by atoms with van der Waals surface area (Å²) in [6, 6.07) is 3.85. The van der Waals surface area contributed by atoms with Crippen LogP contribution in [0.5, 0.6) is 0 Å². The predicted molar refractivity (Wildman–Crippen MR) is 83.2 cm³/mol. The third-order valence-electron chi connectivity index (χ3n) is 4.76. The first kappa shape index (κ1) is 15.0. The van der Waals surface area contributed by atoms with Crippen LogP contribution in [0.3, 0.4) is 0 Å². The first-order chi connectivity index (χ1) is 10.6. The summed E-state index contributed by atoms with van der Waals surface area (Å²) >= 11 is 0. The van der Waals surface area contributed by atoms with E-state index in [0.29, 0.717) is 30.6 Å². The van der Waals surface area contributed by atoms with Crippen molar-refractivity contribution in [1.29, 1.82) is 0 Å². The zero-order valence-electron chi connectivity index (χ0n) is 13.0. The predicted octanol–water partition coefficient (Wildman–Crippen LogP) is 1.85. The Morgan fingerprint density at radius 3 is 2.59 bits per heavy atom. The first-order valence-electron chi connectivity index (χ1n) is 8.15. The number of amides is 2. The molecule has 3 rings (SSSR count). The van der Waals surface area contributed by atoms with Crippen molar-refractivity contribution in [1.82, 2.24) is 15.2 Å². The highest BCUT2D eigenvalue weighted by Crippen LogP contribution is 2.32. The van der Waals surface area contributed by atoms with Crippen molar-refractivity contribution in [2.24, 2.45) is 11.8 Å². The maximum absolute atomic E-state index is 12.3. The molecule has 2 heterocycles. The highest BCUT2D eigenvalue weighted by atomic mass is 16.2. The standard InChI is InChI=1S/C17H23N3O2/c1-12(13-4-5-13)19-16(21)14-6-9-20(10-7-14)17(22)15-3-2-8-18-11-15/h2-3,8,11-14H,4-7,9-10H2,1H3,(H,19,21)/t12-/m0/s1. The lowest BCUT2D eigenvalue weighted by Gasteiger charge is -2.32. The minimum atomic E-state index is 0.0123. The average molecular weight is 301 g/mol. The molecule has 1 aliphatic carbocycles. The molecule has 1 saturated heterocycles. The zero-order chi connectivity index (χ0) is 15.5. The number of aromatic nitrogens is 1. The van der Waals surface area contributed by atoms with Gasteiger partial charge in [-0.15, -0.1) is 0 Å². The Hall–Kier alpha value is -1.91. The van der Waals surface area contributed by atoms with E-state index in [9.17, 15) is 9.59 Å². The molecule has 1 aliphatic heterocycles. The summed E-state index contributed by atoms with van der Waals surface area (Å²) in [5.41, 5.74) is 0.618. The quantitative estimate of drug-likeness (QED) is 0.923. The molecule has 2 fully saturated rings. The first-order valence-corrected chi connectivity index (χ1v) is 8.15. The fourth-order valence-corrected chi connectivity index (χ4v) is 3.07. The molecular weight excluding hydrogens is 278 g/mol. The fourth-order valence-electron chi connectivity index (χ4n) is 3.07. The second-order valence-electron chi connectivity index (χ2n) is 6.44. The van der Waals surface area contributed by atoms with Gasteiger partial charge in [-0.1, -0.05) is 0 Å². The van der Waals surface area contributed by atoms with Crippen LogP contribution in [0, 0.1) is 11.8 Å². The van der Waals surface area contributed by atoms with E-state index in [1.54, 1.807) is 24.5 Å². The monoisotopic (exact) mass is 301 g/mol. The van der Waals surface area contributed by atoms with Crippen LogP contribution in [-0.4, -0.2) is 40.8 Å². The van der Waals surface area contributed by atoms with Gasteiger partial charge in [0, 0.05) is 37.4 Å². The largest absolute Gasteiger partial charge is 0.353 e. The number of carbonyl (C=O) groups excluding carboxylic acids is 2. The number of carbonyl (C=O) groups is 2. The Morgan fingerprint density at radius 1 is 1.27 bits per heavy atom. The second kappa shape index (κ2) is 6.46. The minimum absolute atomic E-state index is 0.0123. The van der Waals surface area contributed by atoms with Crippen LogP contribution in [0.15, 0.2) is 24.5 Å². The number of hydrogen-bond donors (Lipinski definition) is 1. The van der Waals surface area contributed by atoms with Gasteiger partial charge in [-0.3, -0.25) is 14.6 Å². The molecule has 118 valence electrons. The van der Waals surface area contributed by atoms with Crippen LogP contribution >= 0.6 is 0 Å². The van der Waals surface area contributed by atoms with Gasteiger partial charge in [-0.05, 0) is 50.7 Å². The average Bonchev–Trinajstić information content (AvgIpc) is 3.40. The smallest absolute Gasteiger partial charge is 0.255 e. The van der Waals surface area contributed by atoms with Crippen LogP contribution < -0.4 is 5.32 Å². The highest BCUT2D eigenvalue weighted by Gasteiger charge is 2.32. The molecule has 1 aromatic rings. The van der Waals surface area contributed by atoms with E-state index in [-0.39, 0.29) is 17.7 Å². The lowest BCUT2D eigenvalue weighted by molar-refractivity contribution is -0.127. The Labute approximate surface area is 131 Å². The van der Waals surface area contributed by atoms with E-state index >= 15 is 0 Å². The van der Waals surface area contributed by atoms with Crippen molar-refractivity contribution < 1.29 is 9.59 Å². The molecule has 2 amide bonds. The van der Waals surface area contributed by atoms with Gasteiger partial charge in [-0.25, -0.2) is 0 Å². The van der Waals surface area contributed by atoms with Crippen LogP contribution in [0.1, 0.15) is 43.0 Å². The molecule has 0 unspecified atom stereocenters. The Bertz CT molecular complexity index is 534. The molecule has 5 nitrogen and oxygen atoms in total. The molecule has 22 heavy (non-hydrogen) atoms. The van der Waals surface area contributed by atoms with Gasteiger partial charge in [0.2, 0.25) is 5.91 Å². The van der Waals surface area contributed by atoms with Crippen molar-refractivity contribution >= 4 is 11.8 Å². The number of likely N-dealkylation sites (tertiary alicyclic amines) is 1. The number of rotatable bonds is 4. The topological polar surface area (TPSA) is 62.3 Å². The summed E-state index contributed by atoms with van der Waals surface area (Å²) in [5, 5.41) is 3.13. The van der Waals surface area contributed by atoms with Gasteiger partial charge in [0.25, 0.3) is 5.91 Å². The maximum atomic E-state index is 12.3. The summed E-state index contributed by atoms with van der Waals surface area (Å²) < 4.78 is 0. The number of hydrogen-bond acceptors (Lipinski definition) is 3. The van der Waals surface area contributed by atoms with E-state index in [2.05, 4.69) is 17.2 Å². The summed E-state index contributed by atoms with van der Waals surface area (Å²) in [6.45, 7) is 3.38. The molecule has 0 radical (unpaired) electrons. The van der Waals surface area contributed by atoms with Gasteiger partial charge in [0.05, 0.1) is 5.56 Å². The number of nitrogens with one attached hydrogen (secondary N) is 1. The van der Waals surface area contributed by atoms with Gasteiger partial charge in [-0.2, -0.15) is 0 Å². The summed E-state index contributed by atoms with van der Waals surface area (Å²) in [7, 11) is 0. The van der Waals surface area contributed by atoms with Crippen molar-refractivity contribution in [3.8, 4) is 0 Å². The van der Waals surface area contributed by atoms with Gasteiger partial charge in [0.15, 0.2) is 0 Å². The Morgan fingerprint density at radius 2 is 2.00 bits per heavy atom. The van der Waals surface area contributed by atoms with Crippen molar-refractivity contribution in [2.75, 3.05) is 13.1 Å². The Balaban J connectivity index is 1.49. The van der Waals surface area contributed by atoms with E-state index in [1.165, 1.54) is 12.8 Å². The third-order valence-corrected chi connectivity index (χ3v) is 4.76. The normalized spacial score (nSPS) is 20.5. The summed E-state index contributed by atoms with van der Waals surface area (Å²) in [6.07, 6.45) is 7.22. The SMILES string of the molecule is C[C@H](NC(=O)C1CCN(C(=O)c2cccnc2)CC1)C1CC1.